The molecule has 1 aliphatic rings. The number of nitrogens with zero attached hydrogens (tertiary/aromatic N) is 4. The van der Waals surface area contributed by atoms with Crippen LogP contribution < -0.4 is 5.73 Å². The average molecular weight is 380 g/mol. The lowest BCUT2D eigenvalue weighted by Gasteiger charge is -2.20. The van der Waals surface area contributed by atoms with Crippen LogP contribution in [0.15, 0.2) is 48.5 Å². The molecule has 5 nitrogen and oxygen atoms in total. The van der Waals surface area contributed by atoms with Crippen LogP contribution in [0.3, 0.4) is 0 Å². The molecule has 0 radical (unpaired) electrons. The van der Waals surface area contributed by atoms with Gasteiger partial charge in [-0.2, -0.15) is 0 Å². The number of hydrogen-bond donors (Lipinski definition) is 1. The van der Waals surface area contributed by atoms with Crippen LogP contribution in [0.1, 0.15) is 12.0 Å². The molecule has 1 saturated heterocycles. The van der Waals surface area contributed by atoms with Gasteiger partial charge in [0.05, 0.1) is 0 Å². The number of benzene rings is 2. The number of rotatable bonds is 4. The monoisotopic (exact) mass is 379 g/mol. The summed E-state index contributed by atoms with van der Waals surface area (Å²) in [6, 6.07) is 17.4. The minimum atomic E-state index is 0.501. The van der Waals surface area contributed by atoms with Gasteiger partial charge in [0.2, 0.25) is 5.13 Å². The van der Waals surface area contributed by atoms with Crippen molar-refractivity contribution < 1.29 is 0 Å². The highest BCUT2D eigenvalue weighted by Gasteiger charge is 2.12. The Bertz CT molecular complexity index is 872. The topological polar surface area (TPSA) is 58.3 Å². The van der Waals surface area contributed by atoms with E-state index in [9.17, 15) is 0 Å². The summed E-state index contributed by atoms with van der Waals surface area (Å²) in [5.41, 5.74) is 10.5. The maximum atomic E-state index is 5.67. The minimum absolute atomic E-state index is 0.501. The third-order valence-corrected chi connectivity index (χ3v) is 5.88. The fourth-order valence-corrected chi connectivity index (χ4v) is 4.09. The first kappa shape index (κ1) is 18.1. The van der Waals surface area contributed by atoms with Crippen LogP contribution in [0.5, 0.6) is 0 Å². The van der Waals surface area contributed by atoms with Crippen LogP contribution in [-0.4, -0.2) is 53.2 Å². The number of likely N-dealkylation sites (N-methyl/N-ethyl adjacent to an activating group) is 1. The smallest absolute Gasteiger partial charge is 0.203 e. The molecule has 3 aromatic rings. The zero-order valence-electron chi connectivity index (χ0n) is 15.6. The molecule has 6 heteroatoms. The summed E-state index contributed by atoms with van der Waals surface area (Å²) >= 11 is 1.41. The molecule has 2 N–H and O–H groups in total. The Labute approximate surface area is 164 Å². The van der Waals surface area contributed by atoms with Gasteiger partial charge in [0.1, 0.15) is 5.01 Å². The van der Waals surface area contributed by atoms with Gasteiger partial charge in [-0.3, -0.25) is 4.90 Å². The molecule has 1 aliphatic heterocycles. The van der Waals surface area contributed by atoms with E-state index < -0.39 is 0 Å². The number of nitrogen functional groups attached to an aromatic ring is 1. The molecule has 2 heterocycles. The first-order valence-corrected chi connectivity index (χ1v) is 10.2. The van der Waals surface area contributed by atoms with Gasteiger partial charge in [-0.1, -0.05) is 59.9 Å². The Hall–Kier alpha value is -2.28. The molecule has 4 rings (SSSR count). The molecule has 140 valence electrons. The van der Waals surface area contributed by atoms with Crippen molar-refractivity contribution in [3.8, 4) is 21.7 Å². The normalized spacial score (nSPS) is 16.3. The second-order valence-electron chi connectivity index (χ2n) is 7.15. The lowest BCUT2D eigenvalue weighted by Crippen LogP contribution is -2.28. The molecule has 0 spiro atoms. The standard InChI is InChI=1S/C21H25N5S/c1-25-11-2-12-26(14-13-25)15-16-3-5-17(6-4-16)18-7-9-19(10-8-18)20-23-24-21(22)27-20/h3-10H,2,11-15H2,1H3,(H2,22,24). The Kier molecular flexibility index (Phi) is 5.48. The average Bonchev–Trinajstić information content (AvgIpc) is 3.02. The van der Waals surface area contributed by atoms with E-state index in [1.807, 2.05) is 0 Å². The van der Waals surface area contributed by atoms with Crippen LogP contribution in [0.25, 0.3) is 21.7 Å². The van der Waals surface area contributed by atoms with E-state index in [2.05, 4.69) is 75.6 Å². The van der Waals surface area contributed by atoms with Gasteiger partial charge < -0.3 is 10.6 Å². The van der Waals surface area contributed by atoms with E-state index in [-0.39, 0.29) is 0 Å². The van der Waals surface area contributed by atoms with Crippen molar-refractivity contribution in [3.05, 3.63) is 54.1 Å². The molecule has 0 amide bonds. The Balaban J connectivity index is 1.42. The van der Waals surface area contributed by atoms with Gasteiger partial charge in [0.25, 0.3) is 0 Å². The molecular formula is C21H25N5S. The predicted molar refractivity (Wildman–Crippen MR) is 113 cm³/mol. The van der Waals surface area contributed by atoms with E-state index in [4.69, 9.17) is 5.73 Å². The highest BCUT2D eigenvalue weighted by molar-refractivity contribution is 7.18. The molecule has 2 aromatic carbocycles. The van der Waals surface area contributed by atoms with Gasteiger partial charge in [0, 0.05) is 25.2 Å². The lowest BCUT2D eigenvalue weighted by molar-refractivity contribution is 0.269. The van der Waals surface area contributed by atoms with Gasteiger partial charge in [-0.25, -0.2) is 0 Å². The van der Waals surface area contributed by atoms with Crippen molar-refractivity contribution in [2.24, 2.45) is 0 Å². The maximum Gasteiger partial charge on any atom is 0.203 e. The molecule has 0 saturated carbocycles. The summed E-state index contributed by atoms with van der Waals surface area (Å²) in [5, 5.41) is 9.34. The van der Waals surface area contributed by atoms with Crippen LogP contribution >= 0.6 is 11.3 Å². The lowest BCUT2D eigenvalue weighted by atomic mass is 10.0. The van der Waals surface area contributed by atoms with Gasteiger partial charge >= 0.3 is 0 Å². The molecule has 27 heavy (non-hydrogen) atoms. The van der Waals surface area contributed by atoms with Crippen molar-refractivity contribution in [2.75, 3.05) is 39.0 Å². The van der Waals surface area contributed by atoms with Crippen molar-refractivity contribution >= 4 is 16.5 Å². The summed E-state index contributed by atoms with van der Waals surface area (Å²) in [4.78, 5) is 4.98. The number of aromatic nitrogens is 2. The third kappa shape index (κ3) is 4.53. The molecule has 1 aromatic heterocycles. The summed E-state index contributed by atoms with van der Waals surface area (Å²) in [6.45, 7) is 5.73. The van der Waals surface area contributed by atoms with Crippen molar-refractivity contribution in [1.82, 2.24) is 20.0 Å². The Morgan fingerprint density at radius 1 is 0.852 bits per heavy atom. The summed E-state index contributed by atoms with van der Waals surface area (Å²) in [7, 11) is 2.21. The van der Waals surface area contributed by atoms with E-state index in [0.29, 0.717) is 5.13 Å². The second kappa shape index (κ2) is 8.17. The van der Waals surface area contributed by atoms with Crippen LogP contribution in [-0.2, 0) is 6.54 Å². The van der Waals surface area contributed by atoms with E-state index in [0.717, 1.165) is 30.2 Å². The summed E-state index contributed by atoms with van der Waals surface area (Å²) < 4.78 is 0. The maximum absolute atomic E-state index is 5.67. The Morgan fingerprint density at radius 3 is 2.19 bits per heavy atom. The molecule has 1 fully saturated rings. The first-order chi connectivity index (χ1) is 13.2. The predicted octanol–water partition coefficient (Wildman–Crippen LogP) is 3.59. The molecule has 0 unspecified atom stereocenters. The number of anilines is 1. The van der Waals surface area contributed by atoms with Crippen molar-refractivity contribution in [2.45, 2.75) is 13.0 Å². The van der Waals surface area contributed by atoms with E-state index >= 15 is 0 Å². The Morgan fingerprint density at radius 2 is 1.52 bits per heavy atom. The van der Waals surface area contributed by atoms with Crippen LogP contribution in [0.4, 0.5) is 5.13 Å². The first-order valence-electron chi connectivity index (χ1n) is 9.37. The van der Waals surface area contributed by atoms with Gasteiger partial charge in [-0.05, 0) is 43.2 Å². The zero-order valence-corrected chi connectivity index (χ0v) is 16.5. The third-order valence-electron chi connectivity index (χ3n) is 5.08. The van der Waals surface area contributed by atoms with E-state index in [1.165, 1.54) is 47.5 Å². The fraction of sp³-hybridized carbons (Fsp3) is 0.333. The molecular weight excluding hydrogens is 354 g/mol. The quantitative estimate of drug-likeness (QED) is 0.751. The number of nitrogens with two attached hydrogens (primary N) is 1. The molecule has 0 bridgehead atoms. The molecule has 0 aliphatic carbocycles. The van der Waals surface area contributed by atoms with Gasteiger partial charge in [0.15, 0.2) is 0 Å². The van der Waals surface area contributed by atoms with Crippen LogP contribution in [0.2, 0.25) is 0 Å². The van der Waals surface area contributed by atoms with E-state index in [1.54, 1.807) is 0 Å². The van der Waals surface area contributed by atoms with Crippen molar-refractivity contribution in [1.29, 1.82) is 0 Å². The fourth-order valence-electron chi connectivity index (χ4n) is 3.48. The highest BCUT2D eigenvalue weighted by Crippen LogP contribution is 2.28. The number of hydrogen-bond acceptors (Lipinski definition) is 6. The minimum Gasteiger partial charge on any atom is -0.374 e. The second-order valence-corrected chi connectivity index (χ2v) is 8.16. The van der Waals surface area contributed by atoms with Gasteiger partial charge in [-0.15, -0.1) is 10.2 Å². The highest BCUT2D eigenvalue weighted by atomic mass is 32.1. The SMILES string of the molecule is CN1CCCN(Cc2ccc(-c3ccc(-c4nnc(N)s4)cc3)cc2)CC1. The summed E-state index contributed by atoms with van der Waals surface area (Å²) in [6.07, 6.45) is 1.25. The van der Waals surface area contributed by atoms with Crippen LogP contribution in [0, 0.1) is 0 Å². The largest absolute Gasteiger partial charge is 0.374 e. The molecule has 0 atom stereocenters. The van der Waals surface area contributed by atoms with Crippen molar-refractivity contribution in [3.63, 3.8) is 0 Å². The summed E-state index contributed by atoms with van der Waals surface area (Å²) in [5.74, 6) is 0. The zero-order chi connectivity index (χ0) is 18.6.